The molecule has 1 aliphatic rings. The lowest BCUT2D eigenvalue weighted by atomic mass is 9.91. The van der Waals surface area contributed by atoms with Crippen LogP contribution < -0.4 is 9.47 Å². The number of benzene rings is 2. The van der Waals surface area contributed by atoms with Crippen molar-refractivity contribution in [2.45, 2.75) is 25.9 Å². The Labute approximate surface area is 130 Å². The average Bonchev–Trinajstić information content (AvgIpc) is 2.85. The first-order valence-corrected chi connectivity index (χ1v) is 7.44. The highest BCUT2D eigenvalue weighted by molar-refractivity contribution is 5.62. The molecular weight excluding hydrogens is 276 g/mol. The topological polar surface area (TPSA) is 38.7 Å². The Morgan fingerprint density at radius 1 is 1.18 bits per heavy atom. The van der Waals surface area contributed by atoms with Crippen LogP contribution in [0.15, 0.2) is 42.5 Å². The van der Waals surface area contributed by atoms with Crippen LogP contribution in [0, 0.1) is 0 Å². The molecule has 0 fully saturated rings. The molecule has 0 aromatic heterocycles. The van der Waals surface area contributed by atoms with E-state index in [4.69, 9.17) is 9.47 Å². The first-order valence-electron chi connectivity index (χ1n) is 7.44. The first kappa shape index (κ1) is 14.5. The minimum absolute atomic E-state index is 0.0645. The van der Waals surface area contributed by atoms with E-state index in [9.17, 15) is 5.11 Å². The van der Waals surface area contributed by atoms with Crippen LogP contribution >= 0.6 is 0 Å². The van der Waals surface area contributed by atoms with E-state index in [2.05, 4.69) is 19.1 Å². The number of aromatic hydroxyl groups is 1. The number of allylic oxidation sites excluding steroid dienone is 1. The van der Waals surface area contributed by atoms with Gasteiger partial charge in [0, 0.05) is 11.5 Å². The van der Waals surface area contributed by atoms with Crippen LogP contribution in [0.4, 0.5) is 0 Å². The fraction of sp³-hybridized carbons (Fsp3) is 0.263. The average molecular weight is 296 g/mol. The molecule has 1 N–H and O–H groups in total. The van der Waals surface area contributed by atoms with E-state index in [1.54, 1.807) is 19.2 Å². The Kier molecular flexibility index (Phi) is 3.80. The maximum absolute atomic E-state index is 9.45. The molecule has 2 aromatic carbocycles. The van der Waals surface area contributed by atoms with E-state index in [-0.39, 0.29) is 17.8 Å². The highest BCUT2D eigenvalue weighted by atomic mass is 16.5. The summed E-state index contributed by atoms with van der Waals surface area (Å²) in [4.78, 5) is 0. The third-order valence-corrected chi connectivity index (χ3v) is 4.10. The number of hydrogen-bond donors (Lipinski definition) is 1. The predicted molar refractivity (Wildman–Crippen MR) is 87.6 cm³/mol. The highest BCUT2D eigenvalue weighted by Crippen LogP contribution is 2.50. The van der Waals surface area contributed by atoms with Gasteiger partial charge in [-0.05, 0) is 42.3 Å². The van der Waals surface area contributed by atoms with Crippen molar-refractivity contribution in [2.75, 3.05) is 7.11 Å². The molecule has 114 valence electrons. The van der Waals surface area contributed by atoms with Crippen molar-refractivity contribution in [3.63, 3.8) is 0 Å². The van der Waals surface area contributed by atoms with Gasteiger partial charge in [-0.1, -0.05) is 31.2 Å². The van der Waals surface area contributed by atoms with Crippen LogP contribution in [0.3, 0.4) is 0 Å². The summed E-state index contributed by atoms with van der Waals surface area (Å²) in [7, 11) is 1.66. The number of phenols is 1. The van der Waals surface area contributed by atoms with Gasteiger partial charge in [0.15, 0.2) is 11.5 Å². The number of fused-ring (bicyclic) bond motifs is 1. The standard InChI is InChI=1S/C19H20O3/c1-4-5-13-10-16-12(2)18(14-6-8-15(20)9-7-14)22-19(16)17(11-13)21-3/h4-12,18,20H,1-3H3/b5-4+/t12-,18-/m0/s1. The molecule has 0 saturated carbocycles. The van der Waals surface area contributed by atoms with E-state index in [1.807, 2.05) is 31.2 Å². The van der Waals surface area contributed by atoms with Crippen molar-refractivity contribution in [3.8, 4) is 17.2 Å². The van der Waals surface area contributed by atoms with Gasteiger partial charge in [0.1, 0.15) is 11.9 Å². The van der Waals surface area contributed by atoms with E-state index < -0.39 is 0 Å². The smallest absolute Gasteiger partial charge is 0.165 e. The molecule has 1 heterocycles. The summed E-state index contributed by atoms with van der Waals surface area (Å²) in [5.74, 6) is 2.07. The van der Waals surface area contributed by atoms with Gasteiger partial charge in [0.25, 0.3) is 0 Å². The molecule has 0 amide bonds. The Balaban J connectivity index is 2.02. The summed E-state index contributed by atoms with van der Waals surface area (Å²) in [5.41, 5.74) is 3.32. The molecule has 0 unspecified atom stereocenters. The fourth-order valence-electron chi connectivity index (χ4n) is 2.96. The molecular formula is C19H20O3. The van der Waals surface area contributed by atoms with E-state index in [0.29, 0.717) is 0 Å². The Bertz CT molecular complexity index is 701. The van der Waals surface area contributed by atoms with Crippen molar-refractivity contribution in [1.82, 2.24) is 0 Å². The third kappa shape index (κ3) is 2.43. The number of rotatable bonds is 3. The van der Waals surface area contributed by atoms with E-state index in [1.165, 1.54) is 0 Å². The Hall–Kier alpha value is -2.42. The monoisotopic (exact) mass is 296 g/mol. The second-order valence-electron chi connectivity index (χ2n) is 5.56. The zero-order valence-electron chi connectivity index (χ0n) is 13.0. The summed E-state index contributed by atoms with van der Waals surface area (Å²) in [6.07, 6.45) is 4.01. The van der Waals surface area contributed by atoms with Gasteiger partial charge in [-0.15, -0.1) is 0 Å². The summed E-state index contributed by atoms with van der Waals surface area (Å²) in [6, 6.07) is 11.3. The number of phenolic OH excluding ortho intramolecular Hbond substituents is 1. The van der Waals surface area contributed by atoms with Crippen LogP contribution in [-0.2, 0) is 0 Å². The third-order valence-electron chi connectivity index (χ3n) is 4.10. The lowest BCUT2D eigenvalue weighted by molar-refractivity contribution is 0.208. The minimum Gasteiger partial charge on any atom is -0.508 e. The van der Waals surface area contributed by atoms with Gasteiger partial charge < -0.3 is 14.6 Å². The van der Waals surface area contributed by atoms with Crippen molar-refractivity contribution in [3.05, 3.63) is 59.2 Å². The van der Waals surface area contributed by atoms with Gasteiger partial charge in [-0.25, -0.2) is 0 Å². The first-order chi connectivity index (χ1) is 10.6. The summed E-state index contributed by atoms with van der Waals surface area (Å²) >= 11 is 0. The number of methoxy groups -OCH3 is 1. The minimum atomic E-state index is -0.0645. The van der Waals surface area contributed by atoms with Crippen LogP contribution in [0.2, 0.25) is 0 Å². The van der Waals surface area contributed by atoms with Crippen LogP contribution in [0.5, 0.6) is 17.2 Å². The van der Waals surface area contributed by atoms with Crippen molar-refractivity contribution in [1.29, 1.82) is 0 Å². The van der Waals surface area contributed by atoms with Gasteiger partial charge in [-0.3, -0.25) is 0 Å². The zero-order chi connectivity index (χ0) is 15.7. The molecule has 1 aliphatic heterocycles. The van der Waals surface area contributed by atoms with Crippen LogP contribution in [-0.4, -0.2) is 12.2 Å². The summed E-state index contributed by atoms with van der Waals surface area (Å²) in [5, 5.41) is 9.45. The van der Waals surface area contributed by atoms with Crippen LogP contribution in [0.1, 0.15) is 42.6 Å². The molecule has 3 nitrogen and oxygen atoms in total. The highest BCUT2D eigenvalue weighted by Gasteiger charge is 2.34. The molecule has 3 rings (SSSR count). The molecule has 2 atom stereocenters. The molecule has 2 aromatic rings. The van der Waals surface area contributed by atoms with Crippen molar-refractivity contribution < 1.29 is 14.6 Å². The van der Waals surface area contributed by atoms with E-state index >= 15 is 0 Å². The molecule has 0 spiro atoms. The summed E-state index contributed by atoms with van der Waals surface area (Å²) < 4.78 is 11.7. The second-order valence-corrected chi connectivity index (χ2v) is 5.56. The van der Waals surface area contributed by atoms with Gasteiger partial charge in [-0.2, -0.15) is 0 Å². The van der Waals surface area contributed by atoms with Gasteiger partial charge >= 0.3 is 0 Å². The molecule has 0 saturated heterocycles. The SMILES string of the molecule is C/C=C/c1cc(OC)c2c(c1)[C@H](C)[C@@H](c1ccc(O)cc1)O2. The number of hydrogen-bond acceptors (Lipinski definition) is 3. The molecule has 0 bridgehead atoms. The van der Waals surface area contributed by atoms with Crippen molar-refractivity contribution >= 4 is 6.08 Å². The normalized spacial score (nSPS) is 20.0. The quantitative estimate of drug-likeness (QED) is 0.894. The maximum atomic E-state index is 9.45. The lowest BCUT2D eigenvalue weighted by Crippen LogP contribution is -2.06. The molecule has 0 radical (unpaired) electrons. The van der Waals surface area contributed by atoms with Gasteiger partial charge in [0.2, 0.25) is 0 Å². The predicted octanol–water partition coefficient (Wildman–Crippen LogP) is 4.67. The lowest BCUT2D eigenvalue weighted by Gasteiger charge is -2.16. The van der Waals surface area contributed by atoms with Crippen molar-refractivity contribution in [2.24, 2.45) is 0 Å². The largest absolute Gasteiger partial charge is 0.508 e. The Morgan fingerprint density at radius 3 is 2.55 bits per heavy atom. The second kappa shape index (κ2) is 5.76. The van der Waals surface area contributed by atoms with E-state index in [0.717, 1.165) is 28.2 Å². The number of ether oxygens (including phenoxy) is 2. The fourth-order valence-corrected chi connectivity index (χ4v) is 2.96. The van der Waals surface area contributed by atoms with Crippen LogP contribution in [0.25, 0.3) is 6.08 Å². The summed E-state index contributed by atoms with van der Waals surface area (Å²) in [6.45, 7) is 4.15. The molecule has 3 heteroatoms. The Morgan fingerprint density at radius 2 is 1.91 bits per heavy atom. The molecule has 22 heavy (non-hydrogen) atoms. The zero-order valence-corrected chi connectivity index (χ0v) is 13.0. The molecule has 0 aliphatic carbocycles. The maximum Gasteiger partial charge on any atom is 0.165 e. The van der Waals surface area contributed by atoms with Gasteiger partial charge in [0.05, 0.1) is 7.11 Å².